The monoisotopic (exact) mass is 439 g/mol. The SMILES string of the molecule is COCCCN1C(=O)c2[nH]nc(-c3ccc(Cl)cc3)c2C1c1ccc(C(=O)OC)cc1. The number of fused-ring (bicyclic) bond motifs is 1. The number of ether oxygens (including phenoxy) is 2. The zero-order chi connectivity index (χ0) is 22.0. The second kappa shape index (κ2) is 8.91. The summed E-state index contributed by atoms with van der Waals surface area (Å²) in [6.07, 6.45) is 0.701. The topological polar surface area (TPSA) is 84.5 Å². The van der Waals surface area contributed by atoms with Gasteiger partial charge in [-0.05, 0) is 36.2 Å². The van der Waals surface area contributed by atoms with Gasteiger partial charge >= 0.3 is 5.97 Å². The van der Waals surface area contributed by atoms with Crippen LogP contribution in [0.3, 0.4) is 0 Å². The third-order valence-electron chi connectivity index (χ3n) is 5.38. The van der Waals surface area contributed by atoms with Crippen molar-refractivity contribution in [2.45, 2.75) is 12.5 Å². The fourth-order valence-electron chi connectivity index (χ4n) is 3.90. The number of hydrogen-bond donors (Lipinski definition) is 1. The van der Waals surface area contributed by atoms with Gasteiger partial charge in [-0.25, -0.2) is 4.79 Å². The van der Waals surface area contributed by atoms with E-state index in [0.717, 1.165) is 16.7 Å². The predicted molar refractivity (Wildman–Crippen MR) is 116 cm³/mol. The van der Waals surface area contributed by atoms with Crippen LogP contribution in [-0.2, 0) is 9.47 Å². The third-order valence-corrected chi connectivity index (χ3v) is 5.63. The Morgan fingerprint density at radius 3 is 2.48 bits per heavy atom. The van der Waals surface area contributed by atoms with Gasteiger partial charge in [0.1, 0.15) is 5.69 Å². The molecule has 0 radical (unpaired) electrons. The van der Waals surface area contributed by atoms with Crippen molar-refractivity contribution in [1.82, 2.24) is 15.1 Å². The highest BCUT2D eigenvalue weighted by Gasteiger charge is 2.41. The van der Waals surface area contributed by atoms with Gasteiger partial charge in [0.15, 0.2) is 0 Å². The molecule has 160 valence electrons. The highest BCUT2D eigenvalue weighted by molar-refractivity contribution is 6.30. The van der Waals surface area contributed by atoms with Crippen molar-refractivity contribution in [3.63, 3.8) is 0 Å². The quantitative estimate of drug-likeness (QED) is 0.442. The molecule has 1 aromatic heterocycles. The highest BCUT2D eigenvalue weighted by atomic mass is 35.5. The Morgan fingerprint density at radius 1 is 1.13 bits per heavy atom. The summed E-state index contributed by atoms with van der Waals surface area (Å²) in [4.78, 5) is 26.9. The highest BCUT2D eigenvalue weighted by Crippen LogP contribution is 2.43. The van der Waals surface area contributed by atoms with Gasteiger partial charge in [-0.3, -0.25) is 9.89 Å². The molecule has 0 bridgehead atoms. The van der Waals surface area contributed by atoms with Crippen molar-refractivity contribution in [2.75, 3.05) is 27.4 Å². The number of rotatable bonds is 7. The zero-order valence-electron chi connectivity index (χ0n) is 17.2. The predicted octanol–water partition coefficient (Wildman–Crippen LogP) is 4.10. The first kappa shape index (κ1) is 21.1. The van der Waals surface area contributed by atoms with E-state index in [0.29, 0.717) is 41.5 Å². The fraction of sp³-hybridized carbons (Fsp3) is 0.261. The van der Waals surface area contributed by atoms with Crippen molar-refractivity contribution in [3.05, 3.63) is 75.9 Å². The van der Waals surface area contributed by atoms with Gasteiger partial charge in [0.2, 0.25) is 0 Å². The summed E-state index contributed by atoms with van der Waals surface area (Å²) in [5, 5.41) is 8.00. The summed E-state index contributed by atoms with van der Waals surface area (Å²) >= 11 is 6.04. The summed E-state index contributed by atoms with van der Waals surface area (Å²) in [6, 6.07) is 14.1. The molecule has 4 rings (SSSR count). The number of nitrogens with zero attached hydrogens (tertiary/aromatic N) is 2. The first-order valence-electron chi connectivity index (χ1n) is 9.87. The number of aromatic amines is 1. The molecule has 0 saturated carbocycles. The van der Waals surface area contributed by atoms with Gasteiger partial charge in [0.05, 0.1) is 24.4 Å². The van der Waals surface area contributed by atoms with Crippen LogP contribution in [0.2, 0.25) is 5.02 Å². The number of halogens is 1. The van der Waals surface area contributed by atoms with Crippen LogP contribution in [0, 0.1) is 0 Å². The minimum Gasteiger partial charge on any atom is -0.465 e. The number of nitrogens with one attached hydrogen (secondary N) is 1. The summed E-state index contributed by atoms with van der Waals surface area (Å²) < 4.78 is 9.97. The first-order chi connectivity index (χ1) is 15.0. The Kier molecular flexibility index (Phi) is 6.06. The van der Waals surface area contributed by atoms with Crippen LogP contribution in [0.5, 0.6) is 0 Å². The van der Waals surface area contributed by atoms with Crippen LogP contribution in [0.25, 0.3) is 11.3 Å². The van der Waals surface area contributed by atoms with Crippen molar-refractivity contribution < 1.29 is 19.1 Å². The number of esters is 1. The maximum Gasteiger partial charge on any atom is 0.337 e. The molecule has 1 aliphatic rings. The van der Waals surface area contributed by atoms with Crippen molar-refractivity contribution >= 4 is 23.5 Å². The largest absolute Gasteiger partial charge is 0.465 e. The summed E-state index contributed by atoms with van der Waals surface area (Å²) in [6.45, 7) is 1.08. The molecule has 1 N–H and O–H groups in total. The lowest BCUT2D eigenvalue weighted by Gasteiger charge is -2.26. The Hall–Kier alpha value is -3.16. The van der Waals surface area contributed by atoms with Crippen LogP contribution in [0.15, 0.2) is 48.5 Å². The zero-order valence-corrected chi connectivity index (χ0v) is 18.0. The second-order valence-corrected chi connectivity index (χ2v) is 7.67. The van der Waals surface area contributed by atoms with Gasteiger partial charge in [-0.2, -0.15) is 5.10 Å². The molecule has 1 atom stereocenters. The van der Waals surface area contributed by atoms with Gasteiger partial charge < -0.3 is 14.4 Å². The maximum atomic E-state index is 13.2. The molecule has 0 aliphatic carbocycles. The lowest BCUT2D eigenvalue weighted by molar-refractivity contribution is 0.0599. The van der Waals surface area contributed by atoms with Crippen LogP contribution < -0.4 is 0 Å². The number of benzene rings is 2. The number of carbonyl (C=O) groups is 2. The van der Waals surface area contributed by atoms with E-state index in [1.165, 1.54) is 7.11 Å². The molecule has 2 aromatic carbocycles. The number of amides is 1. The third kappa shape index (κ3) is 3.94. The van der Waals surface area contributed by atoms with E-state index in [4.69, 9.17) is 21.1 Å². The van der Waals surface area contributed by atoms with Crippen molar-refractivity contribution in [2.24, 2.45) is 0 Å². The van der Waals surface area contributed by atoms with Crippen LogP contribution in [0.4, 0.5) is 0 Å². The molecule has 2 heterocycles. The summed E-state index contributed by atoms with van der Waals surface area (Å²) in [5.74, 6) is -0.516. The number of H-pyrrole nitrogens is 1. The molecule has 0 fully saturated rings. The lowest BCUT2D eigenvalue weighted by Crippen LogP contribution is -2.31. The molecular weight excluding hydrogens is 418 g/mol. The van der Waals surface area contributed by atoms with Crippen LogP contribution in [-0.4, -0.2) is 54.3 Å². The lowest BCUT2D eigenvalue weighted by atomic mass is 9.95. The van der Waals surface area contributed by atoms with E-state index in [9.17, 15) is 9.59 Å². The molecule has 3 aromatic rings. The molecule has 0 spiro atoms. The molecule has 1 aliphatic heterocycles. The molecule has 1 amide bonds. The minimum absolute atomic E-state index is 0.110. The van der Waals surface area contributed by atoms with Gasteiger partial charge in [0, 0.05) is 36.4 Å². The van der Waals surface area contributed by atoms with E-state index in [1.807, 2.05) is 29.2 Å². The Morgan fingerprint density at radius 2 is 1.84 bits per heavy atom. The Bertz CT molecular complexity index is 1090. The van der Waals surface area contributed by atoms with E-state index in [2.05, 4.69) is 10.2 Å². The van der Waals surface area contributed by atoms with E-state index >= 15 is 0 Å². The molecule has 8 heteroatoms. The summed E-state index contributed by atoms with van der Waals surface area (Å²) in [7, 11) is 2.99. The molecule has 7 nitrogen and oxygen atoms in total. The normalized spacial score (nSPS) is 15.3. The number of aromatic nitrogens is 2. The van der Waals surface area contributed by atoms with Crippen LogP contribution >= 0.6 is 11.6 Å². The van der Waals surface area contributed by atoms with E-state index in [-0.39, 0.29) is 11.9 Å². The fourth-order valence-corrected chi connectivity index (χ4v) is 4.03. The Labute approximate surface area is 184 Å². The van der Waals surface area contributed by atoms with Gasteiger partial charge in [-0.15, -0.1) is 0 Å². The minimum atomic E-state index is -0.406. The molecule has 0 saturated heterocycles. The first-order valence-corrected chi connectivity index (χ1v) is 10.2. The molecular formula is C23H22ClN3O4. The average molecular weight is 440 g/mol. The number of methoxy groups -OCH3 is 2. The number of hydrogen-bond acceptors (Lipinski definition) is 5. The Balaban J connectivity index is 1.78. The molecule has 1 unspecified atom stereocenters. The van der Waals surface area contributed by atoms with Gasteiger partial charge in [-0.1, -0.05) is 35.9 Å². The summed E-state index contributed by atoms with van der Waals surface area (Å²) in [5.41, 5.74) is 4.20. The van der Waals surface area contributed by atoms with E-state index < -0.39 is 5.97 Å². The van der Waals surface area contributed by atoms with Crippen molar-refractivity contribution in [1.29, 1.82) is 0 Å². The van der Waals surface area contributed by atoms with Crippen molar-refractivity contribution in [3.8, 4) is 11.3 Å². The van der Waals surface area contributed by atoms with Crippen LogP contribution in [0.1, 0.15) is 44.4 Å². The number of carbonyl (C=O) groups excluding carboxylic acids is 2. The second-order valence-electron chi connectivity index (χ2n) is 7.23. The smallest absolute Gasteiger partial charge is 0.337 e. The van der Waals surface area contributed by atoms with E-state index in [1.54, 1.807) is 31.4 Å². The maximum absolute atomic E-state index is 13.2. The molecule has 31 heavy (non-hydrogen) atoms. The standard InChI is InChI=1S/C23H22ClN3O4/c1-30-13-3-12-27-21(15-4-6-16(7-5-15)23(29)31-2)18-19(25-26-20(18)22(27)28)14-8-10-17(24)11-9-14/h4-11,21H,3,12-13H2,1-2H3,(H,25,26). The van der Waals surface area contributed by atoms with Gasteiger partial charge in [0.25, 0.3) is 5.91 Å². The average Bonchev–Trinajstić information content (AvgIpc) is 3.33.